The third-order valence-electron chi connectivity index (χ3n) is 14.4. The molecule has 0 fully saturated rings. The van der Waals surface area contributed by atoms with Crippen LogP contribution in [-0.2, 0) is 50.5 Å². The number of nitrogens with one attached hydrogen (secondary N) is 2. The third-order valence-corrected chi connectivity index (χ3v) is 14.4. The summed E-state index contributed by atoms with van der Waals surface area (Å²) >= 11 is 0. The van der Waals surface area contributed by atoms with Crippen molar-refractivity contribution < 1.29 is 29.3 Å². The highest BCUT2D eigenvalue weighted by Gasteiger charge is 2.28. The number of carbonyl (C=O) groups excluding carboxylic acids is 2. The van der Waals surface area contributed by atoms with E-state index < -0.39 is 0 Å². The number of anilines is 2. The van der Waals surface area contributed by atoms with Gasteiger partial charge in [-0.1, -0.05) is 211 Å². The van der Waals surface area contributed by atoms with Crippen LogP contribution in [0.25, 0.3) is 0 Å². The number of ether oxygens (including phenoxy) is 2. The lowest BCUT2D eigenvalue weighted by atomic mass is 9.78. The van der Waals surface area contributed by atoms with Crippen LogP contribution in [0.4, 0.5) is 11.4 Å². The lowest BCUT2D eigenvalue weighted by Gasteiger charge is -2.28. The monoisotopic (exact) mass is 1030 g/mol. The zero-order chi connectivity index (χ0) is 55.4. The van der Waals surface area contributed by atoms with E-state index in [1.807, 2.05) is 36.4 Å². The maximum absolute atomic E-state index is 13.8. The van der Waals surface area contributed by atoms with Crippen LogP contribution in [0.15, 0.2) is 60.7 Å². The van der Waals surface area contributed by atoms with Crippen molar-refractivity contribution in [2.24, 2.45) is 0 Å². The van der Waals surface area contributed by atoms with Gasteiger partial charge in [0, 0.05) is 41.8 Å². The fourth-order valence-corrected chi connectivity index (χ4v) is 9.84. The SMILES string of the molecule is CCCCCCCCCCOc1ccc(NC(=O)CCc2cc(C(C)(C)C)c(O)c(C(C)(C)C)c2)cc1Cc1cc(NC(=O)CCc2cc(C(C)(C)C)c(O)c(C(C)(C)C)c2)ccc1OCCCCCCCCCC. The highest BCUT2D eigenvalue weighted by molar-refractivity contribution is 5.92. The molecule has 0 aliphatic rings. The largest absolute Gasteiger partial charge is 0.507 e. The van der Waals surface area contributed by atoms with E-state index in [1.54, 1.807) is 0 Å². The first-order chi connectivity index (χ1) is 35.3. The van der Waals surface area contributed by atoms with E-state index in [0.29, 0.717) is 55.4 Å². The van der Waals surface area contributed by atoms with Crippen molar-refractivity contribution in [3.63, 3.8) is 0 Å². The summed E-state index contributed by atoms with van der Waals surface area (Å²) in [6, 6.07) is 20.1. The Morgan fingerprint density at radius 3 is 1.01 bits per heavy atom. The highest BCUT2D eigenvalue weighted by Crippen LogP contribution is 2.42. The summed E-state index contributed by atoms with van der Waals surface area (Å²) in [4.78, 5) is 27.6. The van der Waals surface area contributed by atoms with Crippen LogP contribution in [0.2, 0.25) is 0 Å². The molecule has 4 N–H and O–H groups in total. The summed E-state index contributed by atoms with van der Waals surface area (Å²) in [5.74, 6) is 2.03. The summed E-state index contributed by atoms with van der Waals surface area (Å²) < 4.78 is 13.2. The van der Waals surface area contributed by atoms with Crippen LogP contribution in [0.1, 0.15) is 257 Å². The quantitative estimate of drug-likeness (QED) is 0.0387. The molecule has 4 aromatic rings. The second-order valence-electron chi connectivity index (χ2n) is 25.6. The van der Waals surface area contributed by atoms with Gasteiger partial charge < -0.3 is 30.3 Å². The third kappa shape index (κ3) is 21.2. The van der Waals surface area contributed by atoms with Gasteiger partial charge in [0.25, 0.3) is 0 Å². The number of phenolic OH excluding ortho intramolecular Hbond substituents is 2. The van der Waals surface area contributed by atoms with Crippen molar-refractivity contribution in [1.82, 2.24) is 0 Å². The lowest BCUT2D eigenvalue weighted by molar-refractivity contribution is -0.117. The Morgan fingerprint density at radius 1 is 0.427 bits per heavy atom. The standard InChI is InChI=1S/C67H102N2O6/c1-15-17-19-21-23-25-27-29-39-74-58-35-33-52(68-60(70)37-31-48-41-54(64(3,4)5)62(72)55(42-48)65(6,7)8)46-50(58)45-51-47-53(34-36-59(51)75-40-30-28-26-24-22-20-18-16-2)69-61(71)38-32-49-43-56(66(9,10)11)63(73)57(44-49)67(12,13)14/h33-36,41-44,46-47,72-73H,15-32,37-40,45H2,1-14H3,(H,68,70)(H,69,71). The number of unbranched alkanes of at least 4 members (excludes halogenated alkanes) is 14. The first-order valence-corrected chi connectivity index (χ1v) is 29.2. The van der Waals surface area contributed by atoms with E-state index in [0.717, 1.165) is 81.7 Å². The van der Waals surface area contributed by atoms with Crippen molar-refractivity contribution in [2.45, 2.75) is 253 Å². The molecule has 0 saturated carbocycles. The molecular formula is C67H102N2O6. The molecule has 0 saturated heterocycles. The number of hydrogen-bond donors (Lipinski definition) is 4. The molecule has 4 aromatic carbocycles. The van der Waals surface area contributed by atoms with Crippen LogP contribution < -0.4 is 20.1 Å². The number of aromatic hydroxyl groups is 2. The molecule has 0 bridgehead atoms. The minimum Gasteiger partial charge on any atom is -0.507 e. The van der Waals surface area contributed by atoms with Gasteiger partial charge in [-0.15, -0.1) is 0 Å². The van der Waals surface area contributed by atoms with Gasteiger partial charge in [0.2, 0.25) is 11.8 Å². The molecular weight excluding hydrogens is 929 g/mol. The molecule has 416 valence electrons. The smallest absolute Gasteiger partial charge is 0.224 e. The second kappa shape index (κ2) is 29.5. The van der Waals surface area contributed by atoms with Crippen LogP contribution >= 0.6 is 0 Å². The molecule has 0 aliphatic carbocycles. The van der Waals surface area contributed by atoms with Gasteiger partial charge in [-0.3, -0.25) is 9.59 Å². The molecule has 0 aromatic heterocycles. The van der Waals surface area contributed by atoms with Gasteiger partial charge in [-0.2, -0.15) is 0 Å². The average molecular weight is 1030 g/mol. The Balaban J connectivity index is 1.61. The average Bonchev–Trinajstić information content (AvgIpc) is 3.32. The first-order valence-electron chi connectivity index (χ1n) is 29.2. The molecule has 0 heterocycles. The van der Waals surface area contributed by atoms with Gasteiger partial charge in [-0.05, 0) is 117 Å². The Bertz CT molecular complexity index is 2170. The maximum atomic E-state index is 13.8. The number of amides is 2. The summed E-state index contributed by atoms with van der Waals surface area (Å²) in [6.07, 6.45) is 21.5. The molecule has 0 unspecified atom stereocenters. The van der Waals surface area contributed by atoms with Gasteiger partial charge in [0.1, 0.15) is 23.0 Å². The van der Waals surface area contributed by atoms with E-state index in [-0.39, 0.29) is 46.3 Å². The van der Waals surface area contributed by atoms with Crippen molar-refractivity contribution in [1.29, 1.82) is 0 Å². The fraction of sp³-hybridized carbons (Fsp3) is 0.612. The number of aryl methyl sites for hydroxylation is 2. The molecule has 0 atom stereocenters. The summed E-state index contributed by atoms with van der Waals surface area (Å²) in [5.41, 5.74) is 7.80. The molecule has 4 rings (SSSR count). The van der Waals surface area contributed by atoms with Crippen molar-refractivity contribution in [3.05, 3.63) is 105 Å². The predicted molar refractivity (Wildman–Crippen MR) is 317 cm³/mol. The van der Waals surface area contributed by atoms with Gasteiger partial charge in [0.05, 0.1) is 13.2 Å². The molecule has 8 nitrogen and oxygen atoms in total. The highest BCUT2D eigenvalue weighted by atomic mass is 16.5. The molecule has 75 heavy (non-hydrogen) atoms. The van der Waals surface area contributed by atoms with Gasteiger partial charge in [0.15, 0.2) is 0 Å². The number of hydrogen-bond acceptors (Lipinski definition) is 6. The minimum absolute atomic E-state index is 0.0908. The summed E-state index contributed by atoms with van der Waals surface area (Å²) in [5, 5.41) is 29.0. The van der Waals surface area contributed by atoms with Crippen molar-refractivity contribution in [2.75, 3.05) is 23.8 Å². The Kier molecular flexibility index (Phi) is 24.6. The molecule has 2 amide bonds. The molecule has 0 aliphatic heterocycles. The Morgan fingerprint density at radius 2 is 0.720 bits per heavy atom. The molecule has 0 spiro atoms. The topological polar surface area (TPSA) is 117 Å². The zero-order valence-corrected chi connectivity index (χ0v) is 49.6. The Hall–Kier alpha value is -4.98. The predicted octanol–water partition coefficient (Wildman–Crippen LogP) is 18.1. The van der Waals surface area contributed by atoms with Crippen molar-refractivity contribution >= 4 is 23.2 Å². The fourth-order valence-electron chi connectivity index (χ4n) is 9.84. The first kappa shape index (κ1) is 62.6. The van der Waals surface area contributed by atoms with Crippen LogP contribution in [0.3, 0.4) is 0 Å². The van der Waals surface area contributed by atoms with E-state index >= 15 is 0 Å². The Labute approximate surface area is 456 Å². The minimum atomic E-state index is -0.261. The van der Waals surface area contributed by atoms with Gasteiger partial charge in [-0.25, -0.2) is 0 Å². The van der Waals surface area contributed by atoms with E-state index in [9.17, 15) is 19.8 Å². The molecule has 8 heteroatoms. The van der Waals surface area contributed by atoms with Crippen LogP contribution in [0, 0.1) is 0 Å². The summed E-state index contributed by atoms with van der Waals surface area (Å²) in [6.45, 7) is 31.0. The van der Waals surface area contributed by atoms with E-state index in [1.165, 1.54) is 77.0 Å². The number of phenols is 2. The normalized spacial score (nSPS) is 12.2. The number of rotatable bonds is 30. The molecule has 0 radical (unpaired) electrons. The van der Waals surface area contributed by atoms with Crippen molar-refractivity contribution in [3.8, 4) is 23.0 Å². The van der Waals surface area contributed by atoms with Gasteiger partial charge >= 0.3 is 0 Å². The van der Waals surface area contributed by atoms with E-state index in [2.05, 4.69) is 132 Å². The van der Waals surface area contributed by atoms with Crippen LogP contribution in [0.5, 0.6) is 23.0 Å². The zero-order valence-electron chi connectivity index (χ0n) is 49.6. The maximum Gasteiger partial charge on any atom is 0.224 e. The second-order valence-corrected chi connectivity index (χ2v) is 25.6. The lowest BCUT2D eigenvalue weighted by Crippen LogP contribution is -2.18. The number of benzene rings is 4. The summed E-state index contributed by atoms with van der Waals surface area (Å²) in [7, 11) is 0. The van der Waals surface area contributed by atoms with E-state index in [4.69, 9.17) is 9.47 Å². The van der Waals surface area contributed by atoms with Crippen LogP contribution in [-0.4, -0.2) is 35.2 Å². The number of carbonyl (C=O) groups is 2.